The van der Waals surface area contributed by atoms with E-state index < -0.39 is 5.91 Å². The lowest BCUT2D eigenvalue weighted by molar-refractivity contribution is 0.0937. The van der Waals surface area contributed by atoms with Crippen molar-refractivity contribution in [2.45, 2.75) is 13.0 Å². The molecule has 0 saturated heterocycles. The lowest BCUT2D eigenvalue weighted by Crippen LogP contribution is -2.26. The van der Waals surface area contributed by atoms with Crippen LogP contribution in [0, 0.1) is 0 Å². The lowest BCUT2D eigenvalue weighted by atomic mass is 10.1. The molecule has 1 atom stereocenters. The van der Waals surface area contributed by atoms with Gasteiger partial charge in [0.1, 0.15) is 17.2 Å². The van der Waals surface area contributed by atoms with Gasteiger partial charge in [-0.25, -0.2) is 0 Å². The predicted molar refractivity (Wildman–Crippen MR) is 78.6 cm³/mol. The number of carbonyl (C=O) groups excluding carboxylic acids is 1. The number of rotatable bonds is 4. The van der Waals surface area contributed by atoms with Crippen LogP contribution in [0.5, 0.6) is 17.2 Å². The summed E-state index contributed by atoms with van der Waals surface area (Å²) in [4.78, 5) is 12.1. The van der Waals surface area contributed by atoms with Crippen LogP contribution in [0.1, 0.15) is 28.9 Å². The fourth-order valence-corrected chi connectivity index (χ4v) is 1.96. The van der Waals surface area contributed by atoms with Crippen molar-refractivity contribution in [3.05, 3.63) is 53.6 Å². The molecule has 0 bridgehead atoms. The SMILES string of the molecule is COc1ccc(C(C)NC(=O)c2cc(O)ccc2O)cc1. The van der Waals surface area contributed by atoms with Gasteiger partial charge in [-0.15, -0.1) is 0 Å². The maximum Gasteiger partial charge on any atom is 0.255 e. The molecule has 0 aromatic heterocycles. The quantitative estimate of drug-likeness (QED) is 0.755. The summed E-state index contributed by atoms with van der Waals surface area (Å²) in [6.07, 6.45) is 0. The van der Waals surface area contributed by atoms with Gasteiger partial charge in [0.25, 0.3) is 5.91 Å². The highest BCUT2D eigenvalue weighted by molar-refractivity contribution is 5.97. The molecule has 0 aliphatic carbocycles. The summed E-state index contributed by atoms with van der Waals surface area (Å²) < 4.78 is 5.08. The molecule has 2 rings (SSSR count). The highest BCUT2D eigenvalue weighted by Gasteiger charge is 2.15. The number of hydrogen-bond donors (Lipinski definition) is 3. The van der Waals surface area contributed by atoms with E-state index in [1.54, 1.807) is 7.11 Å². The predicted octanol–water partition coefficient (Wildman–Crippen LogP) is 2.60. The number of carbonyl (C=O) groups is 1. The number of amides is 1. The number of ether oxygens (including phenoxy) is 1. The Morgan fingerprint density at radius 2 is 1.81 bits per heavy atom. The van der Waals surface area contributed by atoms with E-state index in [1.165, 1.54) is 18.2 Å². The second-order valence-corrected chi connectivity index (χ2v) is 4.67. The second-order valence-electron chi connectivity index (χ2n) is 4.67. The molecule has 3 N–H and O–H groups in total. The van der Waals surface area contributed by atoms with Crippen LogP contribution in [-0.2, 0) is 0 Å². The molecule has 21 heavy (non-hydrogen) atoms. The average Bonchev–Trinajstić information content (AvgIpc) is 2.49. The monoisotopic (exact) mass is 287 g/mol. The van der Waals surface area contributed by atoms with Crippen molar-refractivity contribution in [1.82, 2.24) is 5.32 Å². The number of benzene rings is 2. The Bertz CT molecular complexity index is 637. The summed E-state index contributed by atoms with van der Waals surface area (Å²) in [5.41, 5.74) is 0.944. The third-order valence-corrected chi connectivity index (χ3v) is 3.19. The van der Waals surface area contributed by atoms with Gasteiger partial charge in [-0.2, -0.15) is 0 Å². The Hall–Kier alpha value is -2.69. The number of hydrogen-bond acceptors (Lipinski definition) is 4. The van der Waals surface area contributed by atoms with Gasteiger partial charge in [-0.1, -0.05) is 12.1 Å². The van der Waals surface area contributed by atoms with Crippen LogP contribution in [0.2, 0.25) is 0 Å². The molecule has 0 aliphatic heterocycles. The van der Waals surface area contributed by atoms with Crippen LogP contribution in [0.4, 0.5) is 0 Å². The number of nitrogens with one attached hydrogen (secondary N) is 1. The van der Waals surface area contributed by atoms with Crippen molar-refractivity contribution in [3.8, 4) is 17.2 Å². The van der Waals surface area contributed by atoms with E-state index in [9.17, 15) is 15.0 Å². The van der Waals surface area contributed by atoms with E-state index >= 15 is 0 Å². The molecule has 5 nitrogen and oxygen atoms in total. The first-order valence-electron chi connectivity index (χ1n) is 6.48. The molecule has 0 aliphatic rings. The van der Waals surface area contributed by atoms with E-state index in [0.717, 1.165) is 11.3 Å². The van der Waals surface area contributed by atoms with Gasteiger partial charge in [0, 0.05) is 0 Å². The Balaban J connectivity index is 2.12. The fraction of sp³-hybridized carbons (Fsp3) is 0.188. The molecule has 0 spiro atoms. The maximum absolute atomic E-state index is 12.1. The van der Waals surface area contributed by atoms with Crippen LogP contribution in [0.15, 0.2) is 42.5 Å². The van der Waals surface area contributed by atoms with Crippen molar-refractivity contribution < 1.29 is 19.7 Å². The second kappa shape index (κ2) is 6.17. The van der Waals surface area contributed by atoms with Gasteiger partial charge >= 0.3 is 0 Å². The van der Waals surface area contributed by atoms with Crippen LogP contribution >= 0.6 is 0 Å². The first-order valence-corrected chi connectivity index (χ1v) is 6.48. The summed E-state index contributed by atoms with van der Waals surface area (Å²) in [7, 11) is 1.59. The summed E-state index contributed by atoms with van der Waals surface area (Å²) in [5, 5.41) is 21.8. The molecular formula is C16H17NO4. The van der Waals surface area contributed by atoms with Crippen molar-refractivity contribution in [2.24, 2.45) is 0 Å². The molecule has 0 heterocycles. The zero-order valence-corrected chi connectivity index (χ0v) is 11.8. The van der Waals surface area contributed by atoms with Crippen molar-refractivity contribution in [2.75, 3.05) is 7.11 Å². The molecule has 0 fully saturated rings. The Labute approximate surface area is 122 Å². The Morgan fingerprint density at radius 1 is 1.14 bits per heavy atom. The molecule has 0 radical (unpaired) electrons. The molecule has 0 saturated carbocycles. The van der Waals surface area contributed by atoms with Crippen LogP contribution in [0.25, 0.3) is 0 Å². The first-order chi connectivity index (χ1) is 10.0. The molecule has 2 aromatic carbocycles. The van der Waals surface area contributed by atoms with Crippen LogP contribution in [-0.4, -0.2) is 23.2 Å². The van der Waals surface area contributed by atoms with Crippen LogP contribution < -0.4 is 10.1 Å². The molecule has 110 valence electrons. The highest BCUT2D eigenvalue weighted by Crippen LogP contribution is 2.23. The third-order valence-electron chi connectivity index (χ3n) is 3.19. The van der Waals surface area contributed by atoms with Gasteiger partial charge < -0.3 is 20.3 Å². The zero-order valence-electron chi connectivity index (χ0n) is 11.8. The van der Waals surface area contributed by atoms with E-state index in [1.807, 2.05) is 31.2 Å². The maximum atomic E-state index is 12.1. The van der Waals surface area contributed by atoms with Gasteiger partial charge in [0.05, 0.1) is 18.7 Å². The van der Waals surface area contributed by atoms with E-state index in [0.29, 0.717) is 0 Å². The fourth-order valence-electron chi connectivity index (χ4n) is 1.96. The number of aromatic hydroxyl groups is 2. The van der Waals surface area contributed by atoms with Crippen molar-refractivity contribution >= 4 is 5.91 Å². The average molecular weight is 287 g/mol. The van der Waals surface area contributed by atoms with Gasteiger partial charge in [-0.05, 0) is 42.8 Å². The summed E-state index contributed by atoms with van der Waals surface area (Å²) in [6.45, 7) is 1.83. The number of phenolic OH excluding ortho intramolecular Hbond substituents is 2. The summed E-state index contributed by atoms with van der Waals surface area (Å²) in [6, 6.07) is 10.9. The lowest BCUT2D eigenvalue weighted by Gasteiger charge is -2.15. The van der Waals surface area contributed by atoms with E-state index in [4.69, 9.17) is 4.74 Å². The standard InChI is InChI=1S/C16H17NO4/c1-10(11-3-6-13(21-2)7-4-11)17-16(20)14-9-12(18)5-8-15(14)19/h3-10,18-19H,1-2H3,(H,17,20). The highest BCUT2D eigenvalue weighted by atomic mass is 16.5. The molecule has 5 heteroatoms. The van der Waals surface area contributed by atoms with Gasteiger partial charge in [0.2, 0.25) is 0 Å². The normalized spacial score (nSPS) is 11.7. The van der Waals surface area contributed by atoms with Crippen molar-refractivity contribution in [3.63, 3.8) is 0 Å². The third kappa shape index (κ3) is 3.45. The summed E-state index contributed by atoms with van der Waals surface area (Å²) >= 11 is 0. The van der Waals surface area contributed by atoms with Gasteiger partial charge in [-0.3, -0.25) is 4.79 Å². The minimum Gasteiger partial charge on any atom is -0.508 e. The minimum atomic E-state index is -0.452. The zero-order chi connectivity index (χ0) is 15.4. The first kappa shape index (κ1) is 14.7. The van der Waals surface area contributed by atoms with E-state index in [2.05, 4.69) is 5.32 Å². The van der Waals surface area contributed by atoms with Crippen LogP contribution in [0.3, 0.4) is 0 Å². The number of phenols is 2. The van der Waals surface area contributed by atoms with Crippen molar-refractivity contribution in [1.29, 1.82) is 0 Å². The topological polar surface area (TPSA) is 78.8 Å². The Morgan fingerprint density at radius 3 is 2.43 bits per heavy atom. The number of methoxy groups -OCH3 is 1. The van der Waals surface area contributed by atoms with E-state index in [-0.39, 0.29) is 23.1 Å². The molecule has 2 aromatic rings. The molecule has 1 amide bonds. The Kier molecular flexibility index (Phi) is 4.33. The summed E-state index contributed by atoms with van der Waals surface area (Å²) in [5.74, 6) is 0.0388. The smallest absolute Gasteiger partial charge is 0.255 e. The molecule has 1 unspecified atom stereocenters. The van der Waals surface area contributed by atoms with Gasteiger partial charge in [0.15, 0.2) is 0 Å². The largest absolute Gasteiger partial charge is 0.508 e. The minimum absolute atomic E-state index is 0.0374. The molecular weight excluding hydrogens is 270 g/mol.